The van der Waals surface area contributed by atoms with Crippen LogP contribution in [0, 0.1) is 5.92 Å². The van der Waals surface area contributed by atoms with Gasteiger partial charge in [-0.1, -0.05) is 12.1 Å². The zero-order chi connectivity index (χ0) is 15.7. The lowest BCUT2D eigenvalue weighted by Gasteiger charge is -2.34. The summed E-state index contributed by atoms with van der Waals surface area (Å²) >= 11 is 0. The highest BCUT2D eigenvalue weighted by atomic mass is 16.4. The molecule has 1 heterocycles. The number of aliphatic carboxylic acids is 1. The van der Waals surface area contributed by atoms with Gasteiger partial charge in [0.2, 0.25) is 0 Å². The number of hydrogen-bond acceptors (Lipinski definition) is 3. The van der Waals surface area contributed by atoms with Crippen LogP contribution in [0.1, 0.15) is 47.7 Å². The molecule has 1 N–H and O–H groups in total. The number of hydrogen-bond donors (Lipinski definition) is 1. The second kappa shape index (κ2) is 6.21. The zero-order valence-electron chi connectivity index (χ0n) is 13.0. The van der Waals surface area contributed by atoms with E-state index in [0.717, 1.165) is 18.4 Å². The van der Waals surface area contributed by atoms with Gasteiger partial charge in [0.1, 0.15) is 0 Å². The number of fused-ring (bicyclic) bond motifs is 1. The predicted molar refractivity (Wildman–Crippen MR) is 84.2 cm³/mol. The van der Waals surface area contributed by atoms with Gasteiger partial charge in [0, 0.05) is 5.56 Å². The quantitative estimate of drug-likeness (QED) is 0.868. The molecule has 22 heavy (non-hydrogen) atoms. The first-order valence-corrected chi connectivity index (χ1v) is 8.19. The van der Waals surface area contributed by atoms with E-state index in [-0.39, 0.29) is 17.7 Å². The van der Waals surface area contributed by atoms with Crippen molar-refractivity contribution in [3.8, 4) is 0 Å². The molecule has 0 spiro atoms. The Bertz CT molecular complexity index is 588. The number of rotatable bonds is 4. The molecule has 1 unspecified atom stereocenters. The second-order valence-corrected chi connectivity index (χ2v) is 6.53. The summed E-state index contributed by atoms with van der Waals surface area (Å²) < 4.78 is 0. The molecule has 118 valence electrons. The van der Waals surface area contributed by atoms with Gasteiger partial charge >= 0.3 is 5.97 Å². The van der Waals surface area contributed by atoms with Crippen molar-refractivity contribution in [2.75, 3.05) is 13.1 Å². The maximum absolute atomic E-state index is 12.7. The summed E-state index contributed by atoms with van der Waals surface area (Å²) in [5.74, 6) is -0.806. The van der Waals surface area contributed by atoms with Gasteiger partial charge in [-0.15, -0.1) is 0 Å². The van der Waals surface area contributed by atoms with E-state index in [1.54, 1.807) is 0 Å². The number of likely N-dealkylation sites (tertiary alicyclic amines) is 1. The van der Waals surface area contributed by atoms with Gasteiger partial charge in [0.05, 0.1) is 12.0 Å². The van der Waals surface area contributed by atoms with Crippen LogP contribution in [0.25, 0.3) is 0 Å². The molecule has 0 radical (unpaired) electrons. The van der Waals surface area contributed by atoms with Crippen molar-refractivity contribution in [3.63, 3.8) is 0 Å². The number of nitrogens with zero attached hydrogens (tertiary/aromatic N) is 1. The van der Waals surface area contributed by atoms with Gasteiger partial charge in [-0.2, -0.15) is 0 Å². The van der Waals surface area contributed by atoms with Crippen LogP contribution >= 0.6 is 0 Å². The first-order chi connectivity index (χ1) is 10.6. The first kappa shape index (κ1) is 15.2. The Kier molecular flexibility index (Phi) is 4.30. The molecule has 0 amide bonds. The van der Waals surface area contributed by atoms with E-state index in [0.29, 0.717) is 25.9 Å². The Labute approximate surface area is 131 Å². The minimum atomic E-state index is -0.711. The van der Waals surface area contributed by atoms with Crippen LogP contribution in [0.3, 0.4) is 0 Å². The third-order valence-electron chi connectivity index (χ3n) is 5.19. The van der Waals surface area contributed by atoms with Gasteiger partial charge < -0.3 is 5.11 Å². The molecule has 1 aromatic carbocycles. The maximum atomic E-state index is 12.7. The van der Waals surface area contributed by atoms with Crippen molar-refractivity contribution < 1.29 is 14.7 Å². The molecular weight excluding hydrogens is 278 g/mol. The van der Waals surface area contributed by atoms with Crippen molar-refractivity contribution in [2.45, 2.75) is 45.1 Å². The number of Topliss-reactive ketones (excluding diaryl/α,β-unsaturated/α-hetero) is 1. The summed E-state index contributed by atoms with van der Waals surface area (Å²) in [5.41, 5.74) is 3.50. The average Bonchev–Trinajstić information content (AvgIpc) is 3.01. The Morgan fingerprint density at radius 3 is 2.55 bits per heavy atom. The number of aryl methyl sites for hydroxylation is 2. The van der Waals surface area contributed by atoms with Crippen LogP contribution in [0.5, 0.6) is 0 Å². The fourth-order valence-corrected chi connectivity index (χ4v) is 3.67. The summed E-state index contributed by atoms with van der Waals surface area (Å²) in [4.78, 5) is 25.8. The van der Waals surface area contributed by atoms with Crippen LogP contribution in [0.2, 0.25) is 0 Å². The van der Waals surface area contributed by atoms with E-state index in [9.17, 15) is 9.59 Å². The number of benzene rings is 1. The molecule has 0 bridgehead atoms. The minimum Gasteiger partial charge on any atom is -0.481 e. The van der Waals surface area contributed by atoms with E-state index < -0.39 is 5.97 Å². The molecule has 0 aromatic heterocycles. The molecule has 1 aliphatic heterocycles. The molecule has 4 heteroatoms. The van der Waals surface area contributed by atoms with Gasteiger partial charge in [0.25, 0.3) is 0 Å². The number of carbonyl (C=O) groups excluding carboxylic acids is 1. The molecule has 3 rings (SSSR count). The van der Waals surface area contributed by atoms with Gasteiger partial charge in [-0.05, 0) is 69.3 Å². The molecule has 1 aliphatic carbocycles. The SMILES string of the molecule is CC(C(=O)c1ccc2c(c1)CCC2)N1CCC(C(=O)O)CC1. The molecule has 1 aromatic rings. The van der Waals surface area contributed by atoms with Crippen molar-refractivity contribution in [3.05, 3.63) is 34.9 Å². The van der Waals surface area contributed by atoms with Crippen LogP contribution in [0.15, 0.2) is 18.2 Å². The van der Waals surface area contributed by atoms with Gasteiger partial charge in [0.15, 0.2) is 5.78 Å². The molecule has 1 atom stereocenters. The predicted octanol–water partition coefficient (Wildman–Crippen LogP) is 2.54. The van der Waals surface area contributed by atoms with Gasteiger partial charge in [-0.25, -0.2) is 0 Å². The molecule has 1 fully saturated rings. The topological polar surface area (TPSA) is 57.6 Å². The highest BCUT2D eigenvalue weighted by molar-refractivity contribution is 6.00. The lowest BCUT2D eigenvalue weighted by atomic mass is 9.94. The van der Waals surface area contributed by atoms with Crippen LogP contribution < -0.4 is 0 Å². The molecule has 2 aliphatic rings. The Balaban J connectivity index is 1.66. The number of carboxylic acids is 1. The summed E-state index contributed by atoms with van der Waals surface area (Å²) in [5, 5.41) is 9.05. The van der Waals surface area contributed by atoms with E-state index in [4.69, 9.17) is 5.11 Å². The van der Waals surface area contributed by atoms with Crippen molar-refractivity contribution >= 4 is 11.8 Å². The largest absolute Gasteiger partial charge is 0.481 e. The Hall–Kier alpha value is -1.68. The highest BCUT2D eigenvalue weighted by Gasteiger charge is 2.30. The Morgan fingerprint density at radius 1 is 1.18 bits per heavy atom. The summed E-state index contributed by atoms with van der Waals surface area (Å²) in [6, 6.07) is 5.94. The standard InChI is InChI=1S/C18H23NO3/c1-12(19-9-7-14(8-10-19)18(21)22)17(20)16-6-5-13-3-2-4-15(13)11-16/h5-6,11-12,14H,2-4,7-10H2,1H3,(H,21,22). The summed E-state index contributed by atoms with van der Waals surface area (Å²) in [6.07, 6.45) is 4.66. The summed E-state index contributed by atoms with van der Waals surface area (Å²) in [6.45, 7) is 3.32. The lowest BCUT2D eigenvalue weighted by Crippen LogP contribution is -2.45. The second-order valence-electron chi connectivity index (χ2n) is 6.53. The van der Waals surface area contributed by atoms with Crippen molar-refractivity contribution in [1.29, 1.82) is 0 Å². The molecule has 1 saturated heterocycles. The number of carbonyl (C=O) groups is 2. The van der Waals surface area contributed by atoms with Crippen LogP contribution in [-0.2, 0) is 17.6 Å². The lowest BCUT2D eigenvalue weighted by molar-refractivity contribution is -0.143. The molecular formula is C18H23NO3. The van der Waals surface area contributed by atoms with Crippen molar-refractivity contribution in [1.82, 2.24) is 4.90 Å². The van der Waals surface area contributed by atoms with E-state index in [1.807, 2.05) is 13.0 Å². The fraction of sp³-hybridized carbons (Fsp3) is 0.556. The maximum Gasteiger partial charge on any atom is 0.306 e. The minimum absolute atomic E-state index is 0.156. The fourth-order valence-electron chi connectivity index (χ4n) is 3.67. The Morgan fingerprint density at radius 2 is 1.86 bits per heavy atom. The normalized spacial score (nSPS) is 20.6. The molecule has 0 saturated carbocycles. The third kappa shape index (κ3) is 2.93. The van der Waals surface area contributed by atoms with Crippen molar-refractivity contribution in [2.24, 2.45) is 5.92 Å². The number of carboxylic acid groups (broad SMARTS) is 1. The smallest absolute Gasteiger partial charge is 0.306 e. The van der Waals surface area contributed by atoms with Crippen LogP contribution in [-0.4, -0.2) is 40.9 Å². The number of piperidine rings is 1. The first-order valence-electron chi connectivity index (χ1n) is 8.19. The van der Waals surface area contributed by atoms with E-state index >= 15 is 0 Å². The highest BCUT2D eigenvalue weighted by Crippen LogP contribution is 2.25. The number of ketones is 1. The third-order valence-corrected chi connectivity index (χ3v) is 5.19. The monoisotopic (exact) mass is 301 g/mol. The average molecular weight is 301 g/mol. The zero-order valence-corrected chi connectivity index (χ0v) is 13.0. The van der Waals surface area contributed by atoms with Gasteiger partial charge in [-0.3, -0.25) is 14.5 Å². The van der Waals surface area contributed by atoms with E-state index in [1.165, 1.54) is 17.5 Å². The molecule has 4 nitrogen and oxygen atoms in total. The van der Waals surface area contributed by atoms with Crippen LogP contribution in [0.4, 0.5) is 0 Å². The van der Waals surface area contributed by atoms with E-state index in [2.05, 4.69) is 17.0 Å². The summed E-state index contributed by atoms with van der Waals surface area (Å²) in [7, 11) is 0.